The normalized spacial score (nSPS) is 14.5. The SMILES string of the molecule is Cc1ccc(N(CC(=O)N(Cc2ccc(Br)cc2)[C@@H](C)C(=O)NC2CCCC2)S(=O)(=O)c2ccccc2)c(C)c1. The van der Waals surface area contributed by atoms with Gasteiger partial charge >= 0.3 is 0 Å². The maximum atomic E-state index is 14.1. The van der Waals surface area contributed by atoms with Gasteiger partial charge in [0.25, 0.3) is 10.0 Å². The second-order valence-electron chi connectivity index (χ2n) is 10.4. The van der Waals surface area contributed by atoms with E-state index < -0.39 is 28.5 Å². The predicted molar refractivity (Wildman–Crippen MR) is 161 cm³/mol. The Morgan fingerprint density at radius 3 is 2.25 bits per heavy atom. The van der Waals surface area contributed by atoms with Crippen LogP contribution in [-0.4, -0.2) is 43.8 Å². The van der Waals surface area contributed by atoms with E-state index in [0.29, 0.717) is 5.69 Å². The molecule has 2 amide bonds. The number of nitrogens with zero attached hydrogens (tertiary/aromatic N) is 2. The fraction of sp³-hybridized carbons (Fsp3) is 0.355. The van der Waals surface area contributed by atoms with Crippen LogP contribution in [0.15, 0.2) is 82.2 Å². The molecular weight excluding hydrogens is 590 g/mol. The summed E-state index contributed by atoms with van der Waals surface area (Å²) in [5.41, 5.74) is 2.98. The molecule has 40 heavy (non-hydrogen) atoms. The van der Waals surface area contributed by atoms with Crippen molar-refractivity contribution in [3.8, 4) is 0 Å². The molecule has 1 atom stereocenters. The number of sulfonamides is 1. The molecule has 0 spiro atoms. The molecule has 3 aromatic rings. The lowest BCUT2D eigenvalue weighted by Crippen LogP contribution is -2.52. The minimum atomic E-state index is -4.08. The monoisotopic (exact) mass is 625 g/mol. The Morgan fingerprint density at radius 2 is 1.62 bits per heavy atom. The summed E-state index contributed by atoms with van der Waals surface area (Å²) in [5, 5.41) is 3.09. The molecule has 1 aliphatic rings. The number of hydrogen-bond acceptors (Lipinski definition) is 4. The fourth-order valence-corrected chi connectivity index (χ4v) is 6.84. The maximum Gasteiger partial charge on any atom is 0.264 e. The molecule has 1 N–H and O–H groups in total. The number of rotatable bonds is 10. The third kappa shape index (κ3) is 7.12. The van der Waals surface area contributed by atoms with Gasteiger partial charge in [-0.15, -0.1) is 0 Å². The summed E-state index contributed by atoms with van der Waals surface area (Å²) < 4.78 is 29.9. The average molecular weight is 627 g/mol. The molecule has 0 unspecified atom stereocenters. The highest BCUT2D eigenvalue weighted by Gasteiger charge is 2.33. The van der Waals surface area contributed by atoms with Gasteiger partial charge in [-0.2, -0.15) is 0 Å². The minimum absolute atomic E-state index is 0.0919. The number of anilines is 1. The number of benzene rings is 3. The van der Waals surface area contributed by atoms with Gasteiger partial charge in [0.05, 0.1) is 10.6 Å². The first-order valence-electron chi connectivity index (χ1n) is 13.6. The second kappa shape index (κ2) is 13.0. The summed E-state index contributed by atoms with van der Waals surface area (Å²) in [6, 6.07) is 20.4. The summed E-state index contributed by atoms with van der Waals surface area (Å²) in [4.78, 5) is 28.9. The van der Waals surface area contributed by atoms with E-state index in [1.165, 1.54) is 17.0 Å². The number of hydrogen-bond donors (Lipinski definition) is 1. The van der Waals surface area contributed by atoms with Crippen LogP contribution in [0.5, 0.6) is 0 Å². The summed E-state index contributed by atoms with van der Waals surface area (Å²) in [5.74, 6) is -0.696. The van der Waals surface area contributed by atoms with E-state index in [1.54, 1.807) is 31.2 Å². The van der Waals surface area contributed by atoms with Gasteiger partial charge in [-0.3, -0.25) is 13.9 Å². The summed E-state index contributed by atoms with van der Waals surface area (Å²) in [7, 11) is -4.08. The van der Waals surface area contributed by atoms with Crippen molar-refractivity contribution >= 4 is 43.5 Å². The standard InChI is InChI=1S/C31H36BrN3O4S/c1-22-13-18-29(23(2)19-22)35(40(38,39)28-11-5-4-6-12-28)21-30(36)34(20-25-14-16-26(32)17-15-25)24(3)31(37)33-27-9-7-8-10-27/h4-6,11-19,24,27H,7-10,20-21H2,1-3H3,(H,33,37)/t24-/m0/s1. The third-order valence-electron chi connectivity index (χ3n) is 7.37. The van der Waals surface area contributed by atoms with E-state index >= 15 is 0 Å². The van der Waals surface area contributed by atoms with Crippen LogP contribution in [0.4, 0.5) is 5.69 Å². The molecule has 1 aliphatic carbocycles. The summed E-state index contributed by atoms with van der Waals surface area (Å²) in [6.45, 7) is 5.19. The van der Waals surface area contributed by atoms with E-state index in [2.05, 4.69) is 21.2 Å². The Bertz CT molecular complexity index is 1440. The van der Waals surface area contributed by atoms with Crippen molar-refractivity contribution in [2.45, 2.75) is 70.0 Å². The second-order valence-corrected chi connectivity index (χ2v) is 13.2. The number of nitrogens with one attached hydrogen (secondary N) is 1. The Hall–Kier alpha value is -3.17. The first-order valence-corrected chi connectivity index (χ1v) is 15.8. The largest absolute Gasteiger partial charge is 0.352 e. The van der Waals surface area contributed by atoms with Crippen LogP contribution in [-0.2, 0) is 26.2 Å². The van der Waals surface area contributed by atoms with Crippen molar-refractivity contribution in [2.75, 3.05) is 10.8 Å². The molecule has 9 heteroatoms. The molecule has 0 heterocycles. The van der Waals surface area contributed by atoms with Crippen LogP contribution < -0.4 is 9.62 Å². The van der Waals surface area contributed by atoms with Gasteiger partial charge < -0.3 is 10.2 Å². The highest BCUT2D eigenvalue weighted by molar-refractivity contribution is 9.10. The molecule has 1 saturated carbocycles. The molecule has 0 aliphatic heterocycles. The maximum absolute atomic E-state index is 14.1. The molecule has 212 valence electrons. The lowest BCUT2D eigenvalue weighted by molar-refractivity contribution is -0.139. The molecule has 3 aromatic carbocycles. The van der Waals surface area contributed by atoms with Crippen LogP contribution in [0.1, 0.15) is 49.3 Å². The van der Waals surface area contributed by atoms with Crippen molar-refractivity contribution < 1.29 is 18.0 Å². The van der Waals surface area contributed by atoms with Crippen LogP contribution in [0.2, 0.25) is 0 Å². The number of carbonyl (C=O) groups is 2. The smallest absolute Gasteiger partial charge is 0.264 e. The predicted octanol–water partition coefficient (Wildman–Crippen LogP) is 5.74. The molecule has 4 rings (SSSR count). The first-order chi connectivity index (χ1) is 19.1. The van der Waals surface area contributed by atoms with Crippen molar-refractivity contribution in [3.63, 3.8) is 0 Å². The summed E-state index contributed by atoms with van der Waals surface area (Å²) in [6.07, 6.45) is 4.00. The van der Waals surface area contributed by atoms with E-state index in [0.717, 1.165) is 51.2 Å². The zero-order valence-electron chi connectivity index (χ0n) is 23.1. The van der Waals surface area contributed by atoms with Gasteiger partial charge in [0.1, 0.15) is 12.6 Å². The number of carbonyl (C=O) groups excluding carboxylic acids is 2. The van der Waals surface area contributed by atoms with Crippen molar-refractivity contribution in [1.82, 2.24) is 10.2 Å². The molecular formula is C31H36BrN3O4S. The molecule has 1 fully saturated rings. The molecule has 0 bridgehead atoms. The number of aryl methyl sites for hydroxylation is 2. The highest BCUT2D eigenvalue weighted by Crippen LogP contribution is 2.28. The molecule has 0 aromatic heterocycles. The van der Waals surface area contributed by atoms with Crippen LogP contribution in [0, 0.1) is 13.8 Å². The Labute approximate surface area is 245 Å². The summed E-state index contributed by atoms with van der Waals surface area (Å²) >= 11 is 3.44. The molecule has 0 radical (unpaired) electrons. The average Bonchev–Trinajstić information content (AvgIpc) is 3.45. The number of amides is 2. The van der Waals surface area contributed by atoms with Gasteiger partial charge in [0.2, 0.25) is 11.8 Å². The van der Waals surface area contributed by atoms with Crippen molar-refractivity contribution in [1.29, 1.82) is 0 Å². The van der Waals surface area contributed by atoms with E-state index in [-0.39, 0.29) is 23.4 Å². The first kappa shape index (κ1) is 29.8. The third-order valence-corrected chi connectivity index (χ3v) is 9.67. The fourth-order valence-electron chi connectivity index (χ4n) is 5.08. The quantitative estimate of drug-likeness (QED) is 0.311. The Morgan fingerprint density at radius 1 is 0.975 bits per heavy atom. The minimum Gasteiger partial charge on any atom is -0.352 e. The van der Waals surface area contributed by atoms with Crippen molar-refractivity contribution in [3.05, 3.63) is 94.0 Å². The molecule has 0 saturated heterocycles. The lowest BCUT2D eigenvalue weighted by atomic mass is 10.1. The lowest BCUT2D eigenvalue weighted by Gasteiger charge is -2.33. The van der Waals surface area contributed by atoms with Crippen LogP contribution in [0.25, 0.3) is 0 Å². The van der Waals surface area contributed by atoms with Gasteiger partial charge in [0, 0.05) is 17.1 Å². The van der Waals surface area contributed by atoms with Gasteiger partial charge in [-0.25, -0.2) is 8.42 Å². The van der Waals surface area contributed by atoms with E-state index in [1.807, 2.05) is 50.2 Å². The Balaban J connectivity index is 1.70. The van der Waals surface area contributed by atoms with E-state index in [4.69, 9.17) is 0 Å². The zero-order chi connectivity index (χ0) is 28.9. The molecule has 7 nitrogen and oxygen atoms in total. The zero-order valence-corrected chi connectivity index (χ0v) is 25.5. The van der Waals surface area contributed by atoms with Gasteiger partial charge in [0.15, 0.2) is 0 Å². The van der Waals surface area contributed by atoms with Gasteiger partial charge in [-0.05, 0) is 75.1 Å². The van der Waals surface area contributed by atoms with Crippen LogP contribution >= 0.6 is 15.9 Å². The van der Waals surface area contributed by atoms with E-state index in [9.17, 15) is 18.0 Å². The highest BCUT2D eigenvalue weighted by atomic mass is 79.9. The van der Waals surface area contributed by atoms with Crippen LogP contribution in [0.3, 0.4) is 0 Å². The number of halogens is 1. The van der Waals surface area contributed by atoms with Crippen molar-refractivity contribution in [2.24, 2.45) is 0 Å². The van der Waals surface area contributed by atoms with Gasteiger partial charge in [-0.1, -0.05) is 76.8 Å². The Kier molecular flexibility index (Phi) is 9.68. The topological polar surface area (TPSA) is 86.8 Å².